The van der Waals surface area contributed by atoms with E-state index in [-0.39, 0.29) is 10.1 Å². The molecule has 0 spiro atoms. The van der Waals surface area contributed by atoms with Crippen LogP contribution in [0.1, 0.15) is 11.1 Å². The van der Waals surface area contributed by atoms with Crippen LogP contribution in [0.25, 0.3) is 0 Å². The van der Waals surface area contributed by atoms with Crippen molar-refractivity contribution in [2.45, 2.75) is 11.5 Å². The SMILES string of the molecule is Clc1ccc2c(c1)C[SH](Cl)C2. The quantitative estimate of drug-likeness (QED) is 0.618. The Hall–Kier alpha value is 0.150. The summed E-state index contributed by atoms with van der Waals surface area (Å²) in [6.07, 6.45) is 0. The highest BCUT2D eigenvalue weighted by Crippen LogP contribution is 2.46. The number of thiol groups is 1. The second kappa shape index (κ2) is 2.89. The van der Waals surface area contributed by atoms with Crippen molar-refractivity contribution in [1.82, 2.24) is 0 Å². The van der Waals surface area contributed by atoms with E-state index in [0.717, 1.165) is 16.5 Å². The van der Waals surface area contributed by atoms with Crippen LogP contribution in [0.4, 0.5) is 0 Å². The van der Waals surface area contributed by atoms with Gasteiger partial charge in [-0.05, 0) is 23.3 Å². The molecule has 1 aromatic rings. The first-order valence-corrected chi connectivity index (χ1v) is 6.43. The second-order valence-corrected chi connectivity index (χ2v) is 6.12. The Morgan fingerprint density at radius 2 is 1.91 bits per heavy atom. The molecule has 1 aliphatic rings. The van der Waals surface area contributed by atoms with E-state index in [4.69, 9.17) is 22.3 Å². The zero-order valence-electron chi connectivity index (χ0n) is 5.85. The highest BCUT2D eigenvalue weighted by atomic mass is 35.7. The highest BCUT2D eigenvalue weighted by molar-refractivity contribution is 8.35. The topological polar surface area (TPSA) is 0 Å². The summed E-state index contributed by atoms with van der Waals surface area (Å²) in [5.74, 6) is 2.09. The molecule has 0 fully saturated rings. The third-order valence-electron chi connectivity index (χ3n) is 1.85. The van der Waals surface area contributed by atoms with Crippen molar-refractivity contribution in [3.05, 3.63) is 34.3 Å². The fourth-order valence-electron chi connectivity index (χ4n) is 1.32. The molecule has 0 saturated heterocycles. The Kier molecular flexibility index (Phi) is 2.04. The van der Waals surface area contributed by atoms with Crippen molar-refractivity contribution in [2.75, 3.05) is 0 Å². The summed E-state index contributed by atoms with van der Waals surface area (Å²) in [7, 11) is 5.76. The molecule has 1 atom stereocenters. The average Bonchev–Trinajstić information content (AvgIpc) is 2.27. The summed E-state index contributed by atoms with van der Waals surface area (Å²) < 4.78 is 0. The van der Waals surface area contributed by atoms with Gasteiger partial charge in [-0.25, -0.2) is 0 Å². The summed E-state index contributed by atoms with van der Waals surface area (Å²) in [4.78, 5) is 0. The number of halogens is 2. The molecule has 60 valence electrons. The molecule has 0 aromatic heterocycles. The van der Waals surface area contributed by atoms with Crippen LogP contribution in [-0.4, -0.2) is 0 Å². The molecule has 3 heteroatoms. The van der Waals surface area contributed by atoms with Crippen molar-refractivity contribution in [3.63, 3.8) is 0 Å². The van der Waals surface area contributed by atoms with E-state index in [2.05, 4.69) is 6.07 Å². The van der Waals surface area contributed by atoms with Crippen molar-refractivity contribution in [1.29, 1.82) is 0 Å². The van der Waals surface area contributed by atoms with Crippen LogP contribution >= 0.6 is 32.4 Å². The maximum Gasteiger partial charge on any atom is 0.0409 e. The van der Waals surface area contributed by atoms with Gasteiger partial charge in [0, 0.05) is 16.5 Å². The van der Waals surface area contributed by atoms with Crippen molar-refractivity contribution in [3.8, 4) is 0 Å². The summed E-state index contributed by atoms with van der Waals surface area (Å²) in [6, 6.07) is 6.05. The molecular formula is C8H8Cl2S. The predicted octanol–water partition coefficient (Wildman–Crippen LogP) is 3.51. The Morgan fingerprint density at radius 3 is 2.73 bits per heavy atom. The lowest BCUT2D eigenvalue weighted by molar-refractivity contribution is 1.35. The summed E-state index contributed by atoms with van der Waals surface area (Å²) in [5, 5.41) is 0.825. The van der Waals surface area contributed by atoms with Gasteiger partial charge in [-0.1, -0.05) is 28.3 Å². The predicted molar refractivity (Wildman–Crippen MR) is 53.7 cm³/mol. The summed E-state index contributed by atoms with van der Waals surface area (Å²) in [5.41, 5.74) is 2.73. The zero-order valence-corrected chi connectivity index (χ0v) is 8.26. The number of hydrogen-bond donors (Lipinski definition) is 1. The zero-order chi connectivity index (χ0) is 7.84. The molecule has 2 rings (SSSR count). The lowest BCUT2D eigenvalue weighted by Crippen LogP contribution is -1.79. The van der Waals surface area contributed by atoms with Gasteiger partial charge in [0.05, 0.1) is 0 Å². The van der Waals surface area contributed by atoms with Gasteiger partial charge in [0.1, 0.15) is 0 Å². The van der Waals surface area contributed by atoms with Crippen LogP contribution in [-0.2, 0) is 11.5 Å². The van der Waals surface area contributed by atoms with Crippen molar-refractivity contribution >= 4 is 32.4 Å². The fraction of sp³-hybridized carbons (Fsp3) is 0.250. The second-order valence-electron chi connectivity index (χ2n) is 2.69. The maximum atomic E-state index is 6.05. The highest BCUT2D eigenvalue weighted by Gasteiger charge is 2.15. The Bertz CT molecular complexity index is 285. The third-order valence-corrected chi connectivity index (χ3v) is 4.17. The molecule has 1 heterocycles. The largest absolute Gasteiger partial charge is 0.167 e. The smallest absolute Gasteiger partial charge is 0.0409 e. The van der Waals surface area contributed by atoms with Gasteiger partial charge in [0.15, 0.2) is 0 Å². The fourth-order valence-corrected chi connectivity index (χ4v) is 3.74. The van der Waals surface area contributed by atoms with Crippen LogP contribution in [0, 0.1) is 0 Å². The van der Waals surface area contributed by atoms with E-state index < -0.39 is 0 Å². The van der Waals surface area contributed by atoms with Crippen LogP contribution < -0.4 is 0 Å². The molecule has 11 heavy (non-hydrogen) atoms. The minimum Gasteiger partial charge on any atom is -0.167 e. The molecule has 0 radical (unpaired) electrons. The Labute approximate surface area is 78.4 Å². The summed E-state index contributed by atoms with van der Waals surface area (Å²) in [6.45, 7) is 0. The van der Waals surface area contributed by atoms with Gasteiger partial charge in [-0.3, -0.25) is 0 Å². The molecule has 1 unspecified atom stereocenters. The monoisotopic (exact) mass is 206 g/mol. The van der Waals surface area contributed by atoms with Crippen LogP contribution in [0.15, 0.2) is 18.2 Å². The molecule has 0 saturated carbocycles. The molecule has 1 aliphatic heterocycles. The Balaban J connectivity index is 2.43. The van der Waals surface area contributed by atoms with Gasteiger partial charge < -0.3 is 0 Å². The molecule has 0 bridgehead atoms. The number of fused-ring (bicyclic) bond motifs is 1. The molecule has 1 aromatic carbocycles. The van der Waals surface area contributed by atoms with Gasteiger partial charge in [-0.15, -0.1) is 0 Å². The van der Waals surface area contributed by atoms with E-state index in [1.165, 1.54) is 11.1 Å². The number of hydrogen-bond acceptors (Lipinski definition) is 0. The van der Waals surface area contributed by atoms with Gasteiger partial charge >= 0.3 is 0 Å². The third kappa shape index (κ3) is 1.51. The molecule has 0 nitrogen and oxygen atoms in total. The molecule has 0 amide bonds. The van der Waals surface area contributed by atoms with E-state index in [1.807, 2.05) is 12.1 Å². The van der Waals surface area contributed by atoms with E-state index in [9.17, 15) is 0 Å². The first-order chi connectivity index (χ1) is 5.25. The maximum absolute atomic E-state index is 6.05. The first-order valence-electron chi connectivity index (χ1n) is 3.44. The molecule has 0 aliphatic carbocycles. The van der Waals surface area contributed by atoms with Gasteiger partial charge in [-0.2, -0.15) is 10.1 Å². The van der Waals surface area contributed by atoms with Crippen LogP contribution in [0.5, 0.6) is 0 Å². The Morgan fingerprint density at radius 1 is 1.18 bits per heavy atom. The van der Waals surface area contributed by atoms with E-state index >= 15 is 0 Å². The minimum atomic E-state index is -0.291. The molecule has 0 N–H and O–H groups in total. The van der Waals surface area contributed by atoms with Gasteiger partial charge in [0.25, 0.3) is 0 Å². The minimum absolute atomic E-state index is 0.291. The lowest BCUT2D eigenvalue weighted by atomic mass is 10.1. The normalized spacial score (nSPS) is 25.1. The van der Waals surface area contributed by atoms with Crippen molar-refractivity contribution < 1.29 is 0 Å². The van der Waals surface area contributed by atoms with E-state index in [0.29, 0.717) is 0 Å². The van der Waals surface area contributed by atoms with Crippen LogP contribution in [0.2, 0.25) is 5.02 Å². The average molecular weight is 207 g/mol. The standard InChI is InChI=1S/C8H8Cl2S/c9-8-2-1-6-4-11(10)5-7(6)3-8/h1-3,11H,4-5H2. The first kappa shape index (κ1) is 7.78. The van der Waals surface area contributed by atoms with Crippen molar-refractivity contribution in [2.24, 2.45) is 0 Å². The van der Waals surface area contributed by atoms with Gasteiger partial charge in [0.2, 0.25) is 0 Å². The summed E-state index contributed by atoms with van der Waals surface area (Å²) >= 11 is 5.84. The number of rotatable bonds is 0. The van der Waals surface area contributed by atoms with Crippen LogP contribution in [0.3, 0.4) is 0 Å². The number of benzene rings is 1. The van der Waals surface area contributed by atoms with E-state index in [1.54, 1.807) is 0 Å². The molecular weight excluding hydrogens is 199 g/mol. The lowest BCUT2D eigenvalue weighted by Gasteiger charge is -1.97.